The fraction of sp³-hybridized carbons (Fsp3) is 0.846. The molecule has 2 aliphatic rings. The van der Waals surface area contributed by atoms with Gasteiger partial charge in [0, 0.05) is 51.9 Å². The zero-order chi connectivity index (χ0) is 14.7. The van der Waals surface area contributed by atoms with Crippen molar-refractivity contribution in [2.75, 3.05) is 45.8 Å². The van der Waals surface area contributed by atoms with E-state index in [0.29, 0.717) is 38.8 Å². The molecule has 20 heavy (non-hydrogen) atoms. The topological polar surface area (TPSA) is 76.1 Å². The summed E-state index contributed by atoms with van der Waals surface area (Å²) in [5.41, 5.74) is 0. The Hall–Kier alpha value is -1.34. The van der Waals surface area contributed by atoms with Gasteiger partial charge in [-0.1, -0.05) is 0 Å². The van der Waals surface area contributed by atoms with Gasteiger partial charge in [0.15, 0.2) is 0 Å². The van der Waals surface area contributed by atoms with E-state index < -0.39 is 12.1 Å². The van der Waals surface area contributed by atoms with Gasteiger partial charge in [0.1, 0.15) is 6.04 Å². The van der Waals surface area contributed by atoms with Gasteiger partial charge in [-0.15, -0.1) is 0 Å². The molecule has 1 atom stereocenters. The molecule has 2 aliphatic heterocycles. The number of hydrogen-bond acceptors (Lipinski definition) is 4. The quantitative estimate of drug-likeness (QED) is 0.714. The van der Waals surface area contributed by atoms with Crippen LogP contribution in [0.2, 0.25) is 0 Å². The van der Waals surface area contributed by atoms with E-state index in [1.54, 1.807) is 4.90 Å². The van der Waals surface area contributed by atoms with Crippen LogP contribution in [0.5, 0.6) is 0 Å². The maximum Gasteiger partial charge on any atom is 0.408 e. The van der Waals surface area contributed by atoms with Crippen molar-refractivity contribution in [1.29, 1.82) is 0 Å². The zero-order valence-corrected chi connectivity index (χ0v) is 12.2. The molecule has 2 heterocycles. The lowest BCUT2D eigenvalue weighted by Gasteiger charge is -2.43. The fourth-order valence-electron chi connectivity index (χ4n) is 2.81. The summed E-state index contributed by atoms with van der Waals surface area (Å²) in [6.07, 6.45) is -0.998. The van der Waals surface area contributed by atoms with Crippen molar-refractivity contribution in [2.24, 2.45) is 0 Å². The Labute approximate surface area is 119 Å². The summed E-state index contributed by atoms with van der Waals surface area (Å²) in [6, 6.07) is -0.244. The molecule has 0 aromatic heterocycles. The summed E-state index contributed by atoms with van der Waals surface area (Å²) in [4.78, 5) is 29.2. The van der Waals surface area contributed by atoms with E-state index in [4.69, 9.17) is 0 Å². The molecule has 0 unspecified atom stereocenters. The molecule has 7 nitrogen and oxygen atoms in total. The van der Waals surface area contributed by atoms with Crippen LogP contribution in [-0.4, -0.2) is 89.7 Å². The molecule has 2 saturated heterocycles. The minimum atomic E-state index is -0.998. The minimum absolute atomic E-state index is 0.0562. The average molecular weight is 284 g/mol. The number of carbonyl (C=O) groups excluding carboxylic acids is 1. The Morgan fingerprint density at radius 2 is 1.80 bits per heavy atom. The van der Waals surface area contributed by atoms with E-state index in [-0.39, 0.29) is 5.91 Å². The molecule has 0 aromatic rings. The maximum absolute atomic E-state index is 12.6. The lowest BCUT2D eigenvalue weighted by atomic mass is 10.1. The molecule has 114 valence electrons. The van der Waals surface area contributed by atoms with E-state index in [2.05, 4.69) is 24.1 Å². The van der Waals surface area contributed by atoms with Crippen molar-refractivity contribution >= 4 is 12.0 Å². The van der Waals surface area contributed by atoms with Gasteiger partial charge in [0.25, 0.3) is 0 Å². The first-order valence-electron chi connectivity index (χ1n) is 7.24. The normalized spacial score (nSPS) is 25.1. The highest BCUT2D eigenvalue weighted by atomic mass is 16.4. The van der Waals surface area contributed by atoms with E-state index in [1.807, 2.05) is 0 Å². The predicted octanol–water partition coefficient (Wildman–Crippen LogP) is -0.509. The Bertz CT molecular complexity index is 369. The first kappa shape index (κ1) is 15.1. The van der Waals surface area contributed by atoms with Crippen molar-refractivity contribution in [1.82, 2.24) is 20.0 Å². The number of hydrogen-bond donors (Lipinski definition) is 2. The van der Waals surface area contributed by atoms with Crippen LogP contribution in [0.25, 0.3) is 0 Å². The number of piperazine rings is 2. The van der Waals surface area contributed by atoms with Gasteiger partial charge in [-0.25, -0.2) is 4.79 Å². The number of amides is 2. The van der Waals surface area contributed by atoms with Crippen LogP contribution < -0.4 is 5.32 Å². The van der Waals surface area contributed by atoms with E-state index in [0.717, 1.165) is 13.1 Å². The molecule has 2 amide bonds. The number of nitrogens with zero attached hydrogens (tertiary/aromatic N) is 3. The van der Waals surface area contributed by atoms with Crippen molar-refractivity contribution < 1.29 is 14.7 Å². The molecule has 0 aromatic carbocycles. The van der Waals surface area contributed by atoms with Gasteiger partial charge in [-0.3, -0.25) is 14.6 Å². The highest BCUT2D eigenvalue weighted by molar-refractivity contribution is 5.86. The third-order valence-electron chi connectivity index (χ3n) is 4.10. The van der Waals surface area contributed by atoms with Crippen LogP contribution >= 0.6 is 0 Å². The summed E-state index contributed by atoms with van der Waals surface area (Å²) in [7, 11) is 0. The molecule has 0 spiro atoms. The lowest BCUT2D eigenvalue weighted by molar-refractivity contribution is -0.139. The molecule has 0 radical (unpaired) electrons. The van der Waals surface area contributed by atoms with Gasteiger partial charge in [0.2, 0.25) is 5.91 Å². The lowest BCUT2D eigenvalue weighted by Crippen LogP contribution is -2.63. The van der Waals surface area contributed by atoms with Crippen LogP contribution in [0.4, 0.5) is 4.79 Å². The van der Waals surface area contributed by atoms with Gasteiger partial charge < -0.3 is 15.3 Å². The molecule has 0 bridgehead atoms. The van der Waals surface area contributed by atoms with Crippen molar-refractivity contribution in [3.63, 3.8) is 0 Å². The van der Waals surface area contributed by atoms with Gasteiger partial charge in [0.05, 0.1) is 0 Å². The first-order chi connectivity index (χ1) is 9.50. The summed E-state index contributed by atoms with van der Waals surface area (Å²) in [5.74, 6) is -0.0562. The Kier molecular flexibility index (Phi) is 4.82. The van der Waals surface area contributed by atoms with Crippen LogP contribution in [0, 0.1) is 0 Å². The second-order valence-corrected chi connectivity index (χ2v) is 5.66. The SMILES string of the molecule is CC(C)N1CCN(C(=O)O)[C@@H](C(=O)N2CCNCC2)C1. The Morgan fingerprint density at radius 3 is 2.35 bits per heavy atom. The zero-order valence-electron chi connectivity index (χ0n) is 12.2. The Balaban J connectivity index is 2.09. The van der Waals surface area contributed by atoms with Crippen molar-refractivity contribution in [3.05, 3.63) is 0 Å². The number of nitrogens with one attached hydrogen (secondary N) is 1. The van der Waals surface area contributed by atoms with Crippen LogP contribution in [0.3, 0.4) is 0 Å². The van der Waals surface area contributed by atoms with Crippen LogP contribution in [-0.2, 0) is 4.79 Å². The first-order valence-corrected chi connectivity index (χ1v) is 7.24. The largest absolute Gasteiger partial charge is 0.465 e. The smallest absolute Gasteiger partial charge is 0.408 e. The molecule has 2 N–H and O–H groups in total. The van der Waals surface area contributed by atoms with Crippen molar-refractivity contribution in [2.45, 2.75) is 25.9 Å². The second-order valence-electron chi connectivity index (χ2n) is 5.66. The molecule has 0 aliphatic carbocycles. The monoisotopic (exact) mass is 284 g/mol. The van der Waals surface area contributed by atoms with E-state index in [1.165, 1.54) is 4.90 Å². The standard InChI is InChI=1S/C13H24N4O3/c1-10(2)16-7-8-17(13(19)20)11(9-16)12(18)15-5-3-14-4-6-15/h10-11,14H,3-9H2,1-2H3,(H,19,20)/t11-/m1/s1. The molecule has 2 rings (SSSR count). The summed E-state index contributed by atoms with van der Waals surface area (Å²) < 4.78 is 0. The Morgan fingerprint density at radius 1 is 1.15 bits per heavy atom. The average Bonchev–Trinajstić information content (AvgIpc) is 2.46. The van der Waals surface area contributed by atoms with Crippen LogP contribution in [0.15, 0.2) is 0 Å². The van der Waals surface area contributed by atoms with E-state index in [9.17, 15) is 14.7 Å². The maximum atomic E-state index is 12.6. The van der Waals surface area contributed by atoms with Crippen molar-refractivity contribution in [3.8, 4) is 0 Å². The van der Waals surface area contributed by atoms with Crippen LogP contribution in [0.1, 0.15) is 13.8 Å². The minimum Gasteiger partial charge on any atom is -0.465 e. The van der Waals surface area contributed by atoms with E-state index >= 15 is 0 Å². The van der Waals surface area contributed by atoms with Gasteiger partial charge in [-0.05, 0) is 13.8 Å². The predicted molar refractivity (Wildman–Crippen MR) is 74.7 cm³/mol. The summed E-state index contributed by atoms with van der Waals surface area (Å²) >= 11 is 0. The fourth-order valence-corrected chi connectivity index (χ4v) is 2.81. The number of carbonyl (C=O) groups is 2. The molecule has 0 saturated carbocycles. The highest BCUT2D eigenvalue weighted by Gasteiger charge is 2.38. The molecular formula is C13H24N4O3. The number of rotatable bonds is 2. The third-order valence-corrected chi connectivity index (χ3v) is 4.10. The molecule has 7 heteroatoms. The van der Waals surface area contributed by atoms with Gasteiger partial charge in [-0.2, -0.15) is 0 Å². The number of carboxylic acid groups (broad SMARTS) is 1. The molecular weight excluding hydrogens is 260 g/mol. The summed E-state index contributed by atoms with van der Waals surface area (Å²) in [5, 5.41) is 12.5. The highest BCUT2D eigenvalue weighted by Crippen LogP contribution is 2.15. The molecule has 2 fully saturated rings. The second kappa shape index (κ2) is 6.41. The summed E-state index contributed by atoms with van der Waals surface area (Å²) in [6.45, 7) is 8.59. The third kappa shape index (κ3) is 3.21. The van der Waals surface area contributed by atoms with Gasteiger partial charge >= 0.3 is 6.09 Å².